The van der Waals surface area contributed by atoms with Crippen LogP contribution in [-0.4, -0.2) is 27.5 Å². The Labute approximate surface area is 139 Å². The predicted molar refractivity (Wildman–Crippen MR) is 96.6 cm³/mol. The van der Waals surface area contributed by atoms with E-state index in [1.807, 2.05) is 0 Å². The molecule has 0 heterocycles. The lowest BCUT2D eigenvalue weighted by molar-refractivity contribution is -0.143. The number of hydrogen-bond donors (Lipinski definition) is 0. The monoisotopic (exact) mass is 330 g/mol. The standard InChI is InChI=1S/C18H38O3Si/c1-12(2)16(9)17(11-18(19)20-10)21-22(13(3)4,14(5)6)15(7)8/h12-17H,11H2,1-10H3/t16-,17+/m1/s1. The van der Waals surface area contributed by atoms with Crippen LogP contribution in [0.1, 0.15) is 68.7 Å². The molecule has 0 aliphatic rings. The molecule has 4 heteroatoms. The van der Waals surface area contributed by atoms with Crippen molar-refractivity contribution in [1.29, 1.82) is 0 Å². The van der Waals surface area contributed by atoms with Gasteiger partial charge in [-0.05, 0) is 28.5 Å². The van der Waals surface area contributed by atoms with Crippen LogP contribution in [0.15, 0.2) is 0 Å². The van der Waals surface area contributed by atoms with Gasteiger partial charge in [-0.25, -0.2) is 0 Å². The molecule has 0 bridgehead atoms. The van der Waals surface area contributed by atoms with Crippen LogP contribution in [-0.2, 0) is 14.0 Å². The van der Waals surface area contributed by atoms with Crippen molar-refractivity contribution >= 4 is 14.3 Å². The van der Waals surface area contributed by atoms with Gasteiger partial charge in [-0.15, -0.1) is 0 Å². The first-order valence-corrected chi connectivity index (χ1v) is 10.9. The molecule has 0 amide bonds. The van der Waals surface area contributed by atoms with E-state index in [0.717, 1.165) is 0 Å². The molecule has 0 aromatic carbocycles. The predicted octanol–water partition coefficient (Wildman–Crippen LogP) is 5.40. The van der Waals surface area contributed by atoms with Crippen molar-refractivity contribution in [3.63, 3.8) is 0 Å². The molecule has 0 aliphatic heterocycles. The lowest BCUT2D eigenvalue weighted by Gasteiger charge is -2.46. The Hall–Kier alpha value is -0.353. The zero-order chi connectivity index (χ0) is 17.7. The van der Waals surface area contributed by atoms with Crippen molar-refractivity contribution in [2.24, 2.45) is 11.8 Å². The highest BCUT2D eigenvalue weighted by molar-refractivity contribution is 6.77. The third-order valence-corrected chi connectivity index (χ3v) is 11.4. The second-order valence-electron chi connectivity index (χ2n) is 7.86. The van der Waals surface area contributed by atoms with Crippen LogP contribution in [0.5, 0.6) is 0 Å². The smallest absolute Gasteiger partial charge is 0.308 e. The molecule has 0 aromatic heterocycles. The van der Waals surface area contributed by atoms with Gasteiger partial charge in [0.25, 0.3) is 0 Å². The first-order valence-electron chi connectivity index (χ1n) is 8.75. The average Bonchev–Trinajstić information content (AvgIpc) is 2.40. The van der Waals surface area contributed by atoms with Gasteiger partial charge in [-0.1, -0.05) is 62.3 Å². The maximum Gasteiger partial charge on any atom is 0.308 e. The molecule has 22 heavy (non-hydrogen) atoms. The van der Waals surface area contributed by atoms with Crippen molar-refractivity contribution in [2.45, 2.75) is 91.5 Å². The van der Waals surface area contributed by atoms with E-state index in [1.54, 1.807) is 0 Å². The molecule has 0 radical (unpaired) electrons. The van der Waals surface area contributed by atoms with Crippen molar-refractivity contribution in [1.82, 2.24) is 0 Å². The number of esters is 1. The van der Waals surface area contributed by atoms with Gasteiger partial charge in [-0.3, -0.25) is 4.79 Å². The largest absolute Gasteiger partial charge is 0.469 e. The van der Waals surface area contributed by atoms with E-state index in [0.29, 0.717) is 34.9 Å². The molecule has 0 saturated carbocycles. The van der Waals surface area contributed by atoms with Crippen molar-refractivity contribution in [3.8, 4) is 0 Å². The van der Waals surface area contributed by atoms with Crippen LogP contribution in [0.25, 0.3) is 0 Å². The molecule has 3 nitrogen and oxygen atoms in total. The Morgan fingerprint density at radius 3 is 1.55 bits per heavy atom. The van der Waals surface area contributed by atoms with Crippen molar-refractivity contribution in [3.05, 3.63) is 0 Å². The summed E-state index contributed by atoms with van der Waals surface area (Å²) < 4.78 is 11.8. The van der Waals surface area contributed by atoms with Gasteiger partial charge < -0.3 is 9.16 Å². The average molecular weight is 331 g/mol. The molecule has 2 atom stereocenters. The summed E-state index contributed by atoms with van der Waals surface area (Å²) in [6.07, 6.45) is 0.308. The molecule has 0 fully saturated rings. The van der Waals surface area contributed by atoms with E-state index in [9.17, 15) is 4.79 Å². The number of carbonyl (C=O) groups excluding carboxylic acids is 1. The van der Waals surface area contributed by atoms with E-state index in [4.69, 9.17) is 9.16 Å². The third kappa shape index (κ3) is 5.09. The Morgan fingerprint density at radius 1 is 0.864 bits per heavy atom. The van der Waals surface area contributed by atoms with Gasteiger partial charge in [0, 0.05) is 0 Å². The maximum absolute atomic E-state index is 11.9. The first-order chi connectivity index (χ1) is 10.00. The summed E-state index contributed by atoms with van der Waals surface area (Å²) in [5, 5.41) is 0. The molecule has 0 N–H and O–H groups in total. The van der Waals surface area contributed by atoms with E-state index in [1.165, 1.54) is 7.11 Å². The van der Waals surface area contributed by atoms with E-state index < -0.39 is 8.32 Å². The number of ether oxygens (including phenoxy) is 1. The number of methoxy groups -OCH3 is 1. The SMILES string of the molecule is COC(=O)C[C@H](O[Si](C(C)C)(C(C)C)C(C)C)[C@H](C)C(C)C. The van der Waals surface area contributed by atoms with E-state index in [2.05, 4.69) is 62.3 Å². The van der Waals surface area contributed by atoms with E-state index in [-0.39, 0.29) is 12.1 Å². The summed E-state index contributed by atoms with van der Waals surface area (Å²) in [4.78, 5) is 11.9. The van der Waals surface area contributed by atoms with Gasteiger partial charge in [0.1, 0.15) is 0 Å². The summed E-state index contributed by atoms with van der Waals surface area (Å²) in [6.45, 7) is 20.3. The van der Waals surface area contributed by atoms with Crippen molar-refractivity contribution < 1.29 is 14.0 Å². The Morgan fingerprint density at radius 2 is 1.27 bits per heavy atom. The lowest BCUT2D eigenvalue weighted by atomic mass is 9.91. The number of hydrogen-bond acceptors (Lipinski definition) is 3. The summed E-state index contributed by atoms with van der Waals surface area (Å²) in [5.74, 6) is 0.645. The second-order valence-corrected chi connectivity index (χ2v) is 13.3. The summed E-state index contributed by atoms with van der Waals surface area (Å²) in [6, 6.07) is 0. The minimum absolute atomic E-state index is 0.0497. The van der Waals surface area contributed by atoms with Crippen LogP contribution < -0.4 is 0 Å². The molecule has 0 aliphatic carbocycles. The zero-order valence-corrected chi connectivity index (χ0v) is 17.4. The molecule has 0 unspecified atom stereocenters. The second kappa shape index (κ2) is 9.07. The van der Waals surface area contributed by atoms with Crippen LogP contribution >= 0.6 is 0 Å². The van der Waals surface area contributed by atoms with Gasteiger partial charge >= 0.3 is 5.97 Å². The summed E-state index contributed by atoms with van der Waals surface area (Å²) in [7, 11) is -0.531. The minimum Gasteiger partial charge on any atom is -0.469 e. The topological polar surface area (TPSA) is 35.5 Å². The van der Waals surface area contributed by atoms with Crippen LogP contribution in [0, 0.1) is 11.8 Å². The van der Waals surface area contributed by atoms with Crippen LogP contribution in [0.3, 0.4) is 0 Å². The third-order valence-electron chi connectivity index (χ3n) is 5.30. The zero-order valence-electron chi connectivity index (χ0n) is 16.4. The van der Waals surface area contributed by atoms with Crippen LogP contribution in [0.4, 0.5) is 0 Å². The van der Waals surface area contributed by atoms with Gasteiger partial charge in [-0.2, -0.15) is 0 Å². The van der Waals surface area contributed by atoms with Crippen LogP contribution in [0.2, 0.25) is 16.6 Å². The Balaban J connectivity index is 5.57. The fourth-order valence-electron chi connectivity index (χ4n) is 3.68. The molecular formula is C18H38O3Si. The van der Waals surface area contributed by atoms with Gasteiger partial charge in [0.2, 0.25) is 8.32 Å². The van der Waals surface area contributed by atoms with Crippen molar-refractivity contribution in [2.75, 3.05) is 7.11 Å². The molecule has 0 spiro atoms. The fourth-order valence-corrected chi connectivity index (χ4v) is 9.32. The molecule has 132 valence electrons. The summed E-state index contributed by atoms with van der Waals surface area (Å²) in [5.41, 5.74) is 1.56. The Kier molecular flexibility index (Phi) is 8.92. The first kappa shape index (κ1) is 21.6. The molecule has 0 aromatic rings. The highest BCUT2D eigenvalue weighted by Crippen LogP contribution is 2.44. The van der Waals surface area contributed by atoms with E-state index >= 15 is 0 Å². The normalized spacial score (nSPS) is 15.7. The van der Waals surface area contributed by atoms with Gasteiger partial charge in [0.15, 0.2) is 0 Å². The number of rotatable bonds is 9. The van der Waals surface area contributed by atoms with Gasteiger partial charge in [0.05, 0.1) is 19.6 Å². The highest BCUT2D eigenvalue weighted by Gasteiger charge is 2.47. The molecule has 0 rings (SSSR count). The Bertz CT molecular complexity index is 315. The maximum atomic E-state index is 11.9. The number of carbonyl (C=O) groups is 1. The fraction of sp³-hybridized carbons (Fsp3) is 0.944. The highest BCUT2D eigenvalue weighted by atomic mass is 28.4. The molecule has 0 saturated heterocycles. The lowest BCUT2D eigenvalue weighted by Crippen LogP contribution is -2.52. The quantitative estimate of drug-likeness (QED) is 0.419. The molecular weight excluding hydrogens is 292 g/mol. The minimum atomic E-state index is -1.99. The summed E-state index contributed by atoms with van der Waals surface area (Å²) >= 11 is 0.